The number of hydrogen-bond donors (Lipinski definition) is 1. The van der Waals surface area contributed by atoms with Crippen molar-refractivity contribution < 1.29 is 29.0 Å². The van der Waals surface area contributed by atoms with Gasteiger partial charge in [-0.15, -0.1) is 0 Å². The van der Waals surface area contributed by atoms with Crippen LogP contribution >= 0.6 is 0 Å². The van der Waals surface area contributed by atoms with Gasteiger partial charge in [0.05, 0.1) is 34.3 Å². The number of ketones is 1. The molecule has 0 aliphatic carbocycles. The van der Waals surface area contributed by atoms with Gasteiger partial charge in [-0.3, -0.25) is 29.8 Å². The molecule has 1 aromatic heterocycles. The van der Waals surface area contributed by atoms with Crippen molar-refractivity contribution in [2.45, 2.75) is 12.6 Å². The second-order valence-electron chi connectivity index (χ2n) is 7.17. The number of rotatable bonds is 6. The minimum atomic E-state index is -1.19. The molecule has 2 aromatic carbocycles. The van der Waals surface area contributed by atoms with Crippen LogP contribution in [0.3, 0.4) is 0 Å². The van der Waals surface area contributed by atoms with E-state index in [4.69, 9.17) is 4.42 Å². The zero-order chi connectivity index (χ0) is 23.7. The lowest BCUT2D eigenvalue weighted by atomic mass is 9.95. The first kappa shape index (κ1) is 21.4. The Morgan fingerprint density at radius 3 is 2.27 bits per heavy atom. The van der Waals surface area contributed by atoms with Crippen LogP contribution in [0.5, 0.6) is 0 Å². The second kappa shape index (κ2) is 8.38. The number of hydrogen-bond acceptors (Lipinski definition) is 8. The number of aliphatic hydroxyl groups is 1. The SMILES string of the molecule is O=C1C(=O)N(Cc2ccco2)C(c2cccc([N+](=O)[O-])c2)/C1=C(\O)c1cccc([N+](=O)[O-])c1. The Balaban J connectivity index is 1.91. The molecule has 2 heterocycles. The molecule has 11 heteroatoms. The maximum Gasteiger partial charge on any atom is 0.296 e. The fraction of sp³-hybridized carbons (Fsp3) is 0.0909. The number of nitro benzene ring substituents is 2. The van der Waals surface area contributed by atoms with Gasteiger partial charge in [-0.05, 0) is 17.7 Å². The highest BCUT2D eigenvalue weighted by atomic mass is 16.6. The third-order valence-corrected chi connectivity index (χ3v) is 5.17. The van der Waals surface area contributed by atoms with Crippen LogP contribution in [0.4, 0.5) is 11.4 Å². The van der Waals surface area contributed by atoms with Crippen LogP contribution < -0.4 is 0 Å². The third-order valence-electron chi connectivity index (χ3n) is 5.17. The summed E-state index contributed by atoms with van der Waals surface area (Å²) in [4.78, 5) is 48.1. The van der Waals surface area contributed by atoms with Gasteiger partial charge in [-0.2, -0.15) is 0 Å². The third kappa shape index (κ3) is 3.94. The Hall–Kier alpha value is -4.80. The van der Waals surface area contributed by atoms with Crippen molar-refractivity contribution in [1.29, 1.82) is 0 Å². The number of non-ortho nitro benzene ring substituents is 2. The molecule has 3 aromatic rings. The lowest BCUT2D eigenvalue weighted by molar-refractivity contribution is -0.385. The Bertz CT molecular complexity index is 1310. The first-order valence-corrected chi connectivity index (χ1v) is 9.58. The number of carbonyl (C=O) groups excluding carboxylic acids is 2. The van der Waals surface area contributed by atoms with Gasteiger partial charge in [0.1, 0.15) is 11.5 Å². The lowest BCUT2D eigenvalue weighted by Crippen LogP contribution is -2.29. The van der Waals surface area contributed by atoms with E-state index < -0.39 is 33.3 Å². The Kier molecular flexibility index (Phi) is 5.44. The number of amides is 1. The highest BCUT2D eigenvalue weighted by molar-refractivity contribution is 6.46. The number of aliphatic hydroxyl groups excluding tert-OH is 1. The van der Waals surface area contributed by atoms with Crippen LogP contribution in [0.1, 0.15) is 22.9 Å². The first-order valence-electron chi connectivity index (χ1n) is 9.58. The average molecular weight is 449 g/mol. The van der Waals surface area contributed by atoms with Crippen molar-refractivity contribution in [3.8, 4) is 0 Å². The predicted octanol–water partition coefficient (Wildman–Crippen LogP) is 3.72. The van der Waals surface area contributed by atoms with Crippen molar-refractivity contribution >= 4 is 28.8 Å². The molecule has 1 aliphatic rings. The largest absolute Gasteiger partial charge is 0.507 e. The Morgan fingerprint density at radius 1 is 0.970 bits per heavy atom. The van der Waals surface area contributed by atoms with E-state index in [1.807, 2.05) is 0 Å². The standard InChI is InChI=1S/C22H15N3O8/c26-20(14-5-2-7-16(11-14)25(31)32)18-19(13-4-1-6-15(10-13)24(29)30)23(22(28)21(18)27)12-17-8-3-9-33-17/h1-11,19,26H,12H2/b20-18+. The van der Waals surface area contributed by atoms with Gasteiger partial charge >= 0.3 is 0 Å². The molecule has 0 spiro atoms. The average Bonchev–Trinajstić information content (AvgIpc) is 3.41. The van der Waals surface area contributed by atoms with Gasteiger partial charge in [-0.25, -0.2) is 0 Å². The summed E-state index contributed by atoms with van der Waals surface area (Å²) in [6, 6.07) is 12.3. The molecular weight excluding hydrogens is 434 g/mol. The zero-order valence-electron chi connectivity index (χ0n) is 16.8. The molecule has 1 atom stereocenters. The summed E-state index contributed by atoms with van der Waals surface area (Å²) in [5.41, 5.74) is -0.771. The summed E-state index contributed by atoms with van der Waals surface area (Å²) in [5.74, 6) is -2.25. The quantitative estimate of drug-likeness (QED) is 0.196. The fourth-order valence-corrected chi connectivity index (χ4v) is 3.69. The lowest BCUT2D eigenvalue weighted by Gasteiger charge is -2.24. The van der Waals surface area contributed by atoms with Crippen LogP contribution in [-0.2, 0) is 16.1 Å². The predicted molar refractivity (Wildman–Crippen MR) is 113 cm³/mol. The van der Waals surface area contributed by atoms with Crippen LogP contribution in [0.25, 0.3) is 5.76 Å². The van der Waals surface area contributed by atoms with Crippen LogP contribution in [0.2, 0.25) is 0 Å². The van der Waals surface area contributed by atoms with Crippen LogP contribution in [0, 0.1) is 20.2 Å². The number of carbonyl (C=O) groups is 2. The summed E-state index contributed by atoms with van der Waals surface area (Å²) >= 11 is 0. The maximum absolute atomic E-state index is 13.0. The van der Waals surface area contributed by atoms with Crippen molar-refractivity contribution in [2.24, 2.45) is 0 Å². The zero-order valence-corrected chi connectivity index (χ0v) is 16.8. The van der Waals surface area contributed by atoms with E-state index in [0.717, 1.165) is 11.0 Å². The van der Waals surface area contributed by atoms with E-state index >= 15 is 0 Å². The molecule has 11 nitrogen and oxygen atoms in total. The highest BCUT2D eigenvalue weighted by Gasteiger charge is 2.46. The van der Waals surface area contributed by atoms with E-state index in [0.29, 0.717) is 5.76 Å². The highest BCUT2D eigenvalue weighted by Crippen LogP contribution is 2.41. The molecule has 1 saturated heterocycles. The van der Waals surface area contributed by atoms with E-state index in [1.54, 1.807) is 12.1 Å². The minimum Gasteiger partial charge on any atom is -0.507 e. The number of Topliss-reactive ketones (excluding diaryl/α,β-unsaturated/α-hetero) is 1. The molecular formula is C22H15N3O8. The summed E-state index contributed by atoms with van der Waals surface area (Å²) in [6.45, 7) is -0.142. The summed E-state index contributed by atoms with van der Waals surface area (Å²) < 4.78 is 5.28. The fourth-order valence-electron chi connectivity index (χ4n) is 3.69. The van der Waals surface area contributed by atoms with Gasteiger partial charge in [0.25, 0.3) is 23.1 Å². The second-order valence-corrected chi connectivity index (χ2v) is 7.17. The number of likely N-dealkylation sites (tertiary alicyclic amines) is 1. The summed E-state index contributed by atoms with van der Waals surface area (Å²) in [6.07, 6.45) is 1.39. The number of nitrogens with zero attached hydrogens (tertiary/aromatic N) is 3. The number of benzene rings is 2. The molecule has 166 valence electrons. The topological polar surface area (TPSA) is 157 Å². The molecule has 0 bridgehead atoms. The monoisotopic (exact) mass is 449 g/mol. The molecule has 0 radical (unpaired) electrons. The van der Waals surface area contributed by atoms with E-state index in [1.165, 1.54) is 48.7 Å². The van der Waals surface area contributed by atoms with Gasteiger partial charge in [0.15, 0.2) is 0 Å². The van der Waals surface area contributed by atoms with Gasteiger partial charge in [-0.1, -0.05) is 24.3 Å². The molecule has 4 rings (SSSR count). The van der Waals surface area contributed by atoms with Crippen LogP contribution in [0.15, 0.2) is 76.9 Å². The van der Waals surface area contributed by atoms with Crippen molar-refractivity contribution in [2.75, 3.05) is 0 Å². The molecule has 1 fully saturated rings. The molecule has 33 heavy (non-hydrogen) atoms. The molecule has 1 N–H and O–H groups in total. The smallest absolute Gasteiger partial charge is 0.296 e. The van der Waals surface area contributed by atoms with Crippen molar-refractivity contribution in [3.63, 3.8) is 0 Å². The number of nitro groups is 2. The van der Waals surface area contributed by atoms with Gasteiger partial charge in [0, 0.05) is 29.8 Å². The molecule has 0 saturated carbocycles. The van der Waals surface area contributed by atoms with E-state index in [-0.39, 0.29) is 34.6 Å². The van der Waals surface area contributed by atoms with Gasteiger partial charge in [0.2, 0.25) is 0 Å². The Labute approximate surface area is 185 Å². The van der Waals surface area contributed by atoms with Gasteiger partial charge < -0.3 is 14.4 Å². The maximum atomic E-state index is 13.0. The molecule has 1 unspecified atom stereocenters. The molecule has 1 aliphatic heterocycles. The summed E-state index contributed by atoms with van der Waals surface area (Å²) in [7, 11) is 0. The van der Waals surface area contributed by atoms with E-state index in [2.05, 4.69) is 0 Å². The first-order chi connectivity index (χ1) is 15.8. The van der Waals surface area contributed by atoms with Crippen LogP contribution in [-0.4, -0.2) is 31.5 Å². The van der Waals surface area contributed by atoms with E-state index in [9.17, 15) is 34.9 Å². The Morgan fingerprint density at radius 2 is 1.64 bits per heavy atom. The summed E-state index contributed by atoms with van der Waals surface area (Å²) in [5, 5.41) is 33.4. The minimum absolute atomic E-state index is 0.0457. The number of furan rings is 1. The van der Waals surface area contributed by atoms with Crippen molar-refractivity contribution in [3.05, 3.63) is 110 Å². The van der Waals surface area contributed by atoms with Crippen molar-refractivity contribution in [1.82, 2.24) is 4.90 Å². The normalized spacial score (nSPS) is 17.3. The molecule has 1 amide bonds.